The van der Waals surface area contributed by atoms with Crippen molar-refractivity contribution in [2.75, 3.05) is 0 Å². The summed E-state index contributed by atoms with van der Waals surface area (Å²) in [5.74, 6) is 0.856. The molecular weight excluding hydrogens is 208 g/mol. The van der Waals surface area contributed by atoms with Crippen molar-refractivity contribution in [2.24, 2.45) is 0 Å². The monoisotopic (exact) mass is 226 g/mol. The highest BCUT2D eigenvalue weighted by molar-refractivity contribution is 5.73. The van der Waals surface area contributed by atoms with Crippen LogP contribution in [-0.2, 0) is 0 Å². The molecule has 0 fully saturated rings. The second-order valence-corrected chi connectivity index (χ2v) is 4.41. The van der Waals surface area contributed by atoms with Crippen LogP contribution < -0.4 is 0 Å². The number of phenols is 1. The number of rotatable bonds is 3. The van der Waals surface area contributed by atoms with Gasteiger partial charge in [-0.2, -0.15) is 0 Å². The third kappa shape index (κ3) is 2.33. The molecule has 0 saturated carbocycles. The lowest BCUT2D eigenvalue weighted by atomic mass is 9.90. The van der Waals surface area contributed by atoms with Gasteiger partial charge >= 0.3 is 0 Å². The van der Waals surface area contributed by atoms with Crippen molar-refractivity contribution in [2.45, 2.75) is 26.2 Å². The summed E-state index contributed by atoms with van der Waals surface area (Å²) in [6, 6.07) is 15.8. The van der Waals surface area contributed by atoms with Crippen molar-refractivity contribution in [3.05, 3.63) is 54.1 Å². The maximum Gasteiger partial charge on any atom is 0.123 e. The van der Waals surface area contributed by atoms with Gasteiger partial charge in [-0.1, -0.05) is 56.3 Å². The zero-order valence-corrected chi connectivity index (χ0v) is 10.4. The molecule has 1 atom stereocenters. The van der Waals surface area contributed by atoms with Crippen molar-refractivity contribution < 1.29 is 5.11 Å². The summed E-state index contributed by atoms with van der Waals surface area (Å²) in [4.78, 5) is 0. The summed E-state index contributed by atoms with van der Waals surface area (Å²) < 4.78 is 0. The summed E-state index contributed by atoms with van der Waals surface area (Å²) in [6.45, 7) is 4.41. The molecule has 1 unspecified atom stereocenters. The lowest BCUT2D eigenvalue weighted by molar-refractivity contribution is 0.477. The van der Waals surface area contributed by atoms with Gasteiger partial charge < -0.3 is 5.11 Å². The minimum absolute atomic E-state index is 0.350. The smallest absolute Gasteiger partial charge is 0.123 e. The van der Waals surface area contributed by atoms with E-state index >= 15 is 0 Å². The highest BCUT2D eigenvalue weighted by atomic mass is 16.3. The first-order valence-corrected chi connectivity index (χ1v) is 6.11. The molecule has 17 heavy (non-hydrogen) atoms. The van der Waals surface area contributed by atoms with Gasteiger partial charge in [-0.15, -0.1) is 0 Å². The van der Waals surface area contributed by atoms with Gasteiger partial charge in [0.2, 0.25) is 0 Å². The van der Waals surface area contributed by atoms with E-state index < -0.39 is 0 Å². The van der Waals surface area contributed by atoms with Crippen LogP contribution in [0.1, 0.15) is 31.7 Å². The number of aromatic hydroxyl groups is 1. The zero-order valence-electron chi connectivity index (χ0n) is 10.4. The summed E-state index contributed by atoms with van der Waals surface area (Å²) in [5, 5.41) is 9.94. The SMILES string of the molecule is CCC(C)c1ccccc1-c1ccccc1O. The number of hydrogen-bond acceptors (Lipinski definition) is 1. The third-order valence-electron chi connectivity index (χ3n) is 3.30. The fourth-order valence-corrected chi connectivity index (χ4v) is 2.09. The molecule has 2 aromatic rings. The van der Waals surface area contributed by atoms with Crippen LogP contribution >= 0.6 is 0 Å². The van der Waals surface area contributed by atoms with Crippen LogP contribution in [0.15, 0.2) is 48.5 Å². The average molecular weight is 226 g/mol. The predicted molar refractivity (Wildman–Crippen MR) is 72.2 cm³/mol. The molecule has 0 aliphatic rings. The van der Waals surface area contributed by atoms with E-state index in [1.54, 1.807) is 6.07 Å². The largest absolute Gasteiger partial charge is 0.507 e. The van der Waals surface area contributed by atoms with E-state index in [1.807, 2.05) is 24.3 Å². The molecule has 0 aliphatic carbocycles. The van der Waals surface area contributed by atoms with Gasteiger partial charge in [0, 0.05) is 5.56 Å². The molecule has 0 bridgehead atoms. The Kier molecular flexibility index (Phi) is 3.48. The van der Waals surface area contributed by atoms with E-state index in [4.69, 9.17) is 0 Å². The molecule has 0 amide bonds. The van der Waals surface area contributed by atoms with E-state index in [1.165, 1.54) is 5.56 Å². The molecule has 2 rings (SSSR count). The molecule has 0 aliphatic heterocycles. The molecule has 0 saturated heterocycles. The number of phenolic OH excluding ortho intramolecular Hbond substituents is 1. The molecule has 0 heterocycles. The topological polar surface area (TPSA) is 20.2 Å². The van der Waals surface area contributed by atoms with Crippen LogP contribution in [0.4, 0.5) is 0 Å². The van der Waals surface area contributed by atoms with Crippen LogP contribution in [0.3, 0.4) is 0 Å². The van der Waals surface area contributed by atoms with E-state index in [-0.39, 0.29) is 0 Å². The molecule has 88 valence electrons. The van der Waals surface area contributed by atoms with Crippen molar-refractivity contribution in [1.29, 1.82) is 0 Å². The van der Waals surface area contributed by atoms with E-state index in [0.717, 1.165) is 17.5 Å². The van der Waals surface area contributed by atoms with Crippen LogP contribution in [0.5, 0.6) is 5.75 Å². The third-order valence-corrected chi connectivity index (χ3v) is 3.30. The van der Waals surface area contributed by atoms with Crippen molar-refractivity contribution >= 4 is 0 Å². The Hall–Kier alpha value is -1.76. The number of benzene rings is 2. The van der Waals surface area contributed by atoms with Gasteiger partial charge in [-0.05, 0) is 29.5 Å². The lowest BCUT2D eigenvalue weighted by Crippen LogP contribution is -1.95. The molecular formula is C16H18O. The molecule has 1 nitrogen and oxygen atoms in total. The Labute approximate surface area is 103 Å². The van der Waals surface area contributed by atoms with Crippen LogP contribution in [0.2, 0.25) is 0 Å². The summed E-state index contributed by atoms with van der Waals surface area (Å²) >= 11 is 0. The minimum Gasteiger partial charge on any atom is -0.507 e. The highest BCUT2D eigenvalue weighted by Gasteiger charge is 2.11. The van der Waals surface area contributed by atoms with E-state index in [0.29, 0.717) is 11.7 Å². The van der Waals surface area contributed by atoms with Crippen LogP contribution in [0, 0.1) is 0 Å². The van der Waals surface area contributed by atoms with Gasteiger partial charge in [0.1, 0.15) is 5.75 Å². The molecule has 1 heteroatoms. The molecule has 2 aromatic carbocycles. The highest BCUT2D eigenvalue weighted by Crippen LogP contribution is 2.35. The van der Waals surface area contributed by atoms with Crippen LogP contribution in [0.25, 0.3) is 11.1 Å². The van der Waals surface area contributed by atoms with Crippen molar-refractivity contribution in [3.63, 3.8) is 0 Å². The lowest BCUT2D eigenvalue weighted by Gasteiger charge is -2.15. The molecule has 0 aromatic heterocycles. The Morgan fingerprint density at radius 1 is 0.941 bits per heavy atom. The first-order chi connectivity index (χ1) is 8.24. The first-order valence-electron chi connectivity index (χ1n) is 6.11. The number of hydrogen-bond donors (Lipinski definition) is 1. The van der Waals surface area contributed by atoms with Gasteiger partial charge in [-0.25, -0.2) is 0 Å². The molecule has 0 radical (unpaired) electrons. The maximum atomic E-state index is 9.94. The standard InChI is InChI=1S/C16H18O/c1-3-12(2)13-8-4-5-9-14(13)15-10-6-7-11-16(15)17/h4-12,17H,3H2,1-2H3. The maximum absolute atomic E-state index is 9.94. The van der Waals surface area contributed by atoms with Crippen molar-refractivity contribution in [1.82, 2.24) is 0 Å². The summed E-state index contributed by atoms with van der Waals surface area (Å²) in [5.41, 5.74) is 3.36. The first kappa shape index (κ1) is 11.7. The summed E-state index contributed by atoms with van der Waals surface area (Å²) in [7, 11) is 0. The average Bonchev–Trinajstić information content (AvgIpc) is 2.38. The zero-order chi connectivity index (χ0) is 12.3. The predicted octanol–water partition coefficient (Wildman–Crippen LogP) is 4.57. The molecule has 0 spiro atoms. The summed E-state index contributed by atoms with van der Waals surface area (Å²) in [6.07, 6.45) is 1.10. The second kappa shape index (κ2) is 5.05. The second-order valence-electron chi connectivity index (χ2n) is 4.41. The quantitative estimate of drug-likeness (QED) is 0.812. The Morgan fingerprint density at radius 3 is 2.18 bits per heavy atom. The molecule has 1 N–H and O–H groups in total. The van der Waals surface area contributed by atoms with Crippen molar-refractivity contribution in [3.8, 4) is 16.9 Å². The van der Waals surface area contributed by atoms with Crippen LogP contribution in [-0.4, -0.2) is 5.11 Å². The van der Waals surface area contributed by atoms with Gasteiger partial charge in [0.05, 0.1) is 0 Å². The normalized spacial score (nSPS) is 12.4. The Bertz CT molecular complexity index is 502. The Morgan fingerprint density at radius 2 is 1.53 bits per heavy atom. The van der Waals surface area contributed by atoms with Gasteiger partial charge in [-0.3, -0.25) is 0 Å². The van der Waals surface area contributed by atoms with Gasteiger partial charge in [0.25, 0.3) is 0 Å². The van der Waals surface area contributed by atoms with Gasteiger partial charge in [0.15, 0.2) is 0 Å². The van der Waals surface area contributed by atoms with E-state index in [2.05, 4.69) is 32.0 Å². The fraction of sp³-hybridized carbons (Fsp3) is 0.250. The minimum atomic E-state index is 0.350. The Balaban J connectivity index is 2.56. The van der Waals surface area contributed by atoms with E-state index in [9.17, 15) is 5.11 Å². The number of para-hydroxylation sites is 1. The fourth-order valence-electron chi connectivity index (χ4n) is 2.09.